The van der Waals surface area contributed by atoms with Gasteiger partial charge in [0.2, 0.25) is 0 Å². The lowest BCUT2D eigenvalue weighted by molar-refractivity contribution is -0.151. The fourth-order valence-electron chi connectivity index (χ4n) is 2.68. The summed E-state index contributed by atoms with van der Waals surface area (Å²) in [6, 6.07) is 5.49. The lowest BCUT2D eigenvalue weighted by Gasteiger charge is -2.21. The number of sulfonamides is 1. The molecule has 1 aromatic carbocycles. The molecule has 0 aromatic heterocycles. The Morgan fingerprint density at radius 3 is 2.50 bits per heavy atom. The molecule has 1 amide bonds. The predicted molar refractivity (Wildman–Crippen MR) is 105 cm³/mol. The van der Waals surface area contributed by atoms with E-state index in [4.69, 9.17) is 4.74 Å². The molecule has 9 heteroatoms. The van der Waals surface area contributed by atoms with Crippen molar-refractivity contribution in [3.63, 3.8) is 0 Å². The molecular weight excluding hydrogens is 382 g/mol. The fraction of sp³-hybridized carbons (Fsp3) is 0.526. The van der Waals surface area contributed by atoms with E-state index < -0.39 is 40.1 Å². The summed E-state index contributed by atoms with van der Waals surface area (Å²) in [5.41, 5.74) is -0.0276. The number of hydrogen-bond donors (Lipinski definition) is 2. The number of carbonyl (C=O) groups excluding carboxylic acids is 2. The topological polar surface area (TPSA) is 114 Å². The molecule has 1 heterocycles. The second-order valence-electron chi connectivity index (χ2n) is 7.82. The van der Waals surface area contributed by atoms with Crippen LogP contribution < -0.4 is 10.0 Å². The maximum Gasteiger partial charge on any atom is 0.331 e. The third kappa shape index (κ3) is 5.31. The molecule has 2 N–H and O–H groups in total. The maximum atomic E-state index is 12.6. The summed E-state index contributed by atoms with van der Waals surface area (Å²) >= 11 is 0. The van der Waals surface area contributed by atoms with Gasteiger partial charge in [-0.25, -0.2) is 13.2 Å². The Morgan fingerprint density at radius 1 is 1.25 bits per heavy atom. The quantitative estimate of drug-likeness (QED) is 0.693. The molecule has 1 aromatic rings. The van der Waals surface area contributed by atoms with E-state index in [2.05, 4.69) is 15.0 Å². The summed E-state index contributed by atoms with van der Waals surface area (Å²) in [4.78, 5) is 29.0. The Morgan fingerprint density at radius 2 is 1.89 bits per heavy atom. The number of esters is 1. The third-order valence-corrected chi connectivity index (χ3v) is 5.61. The van der Waals surface area contributed by atoms with Crippen LogP contribution in [-0.4, -0.2) is 44.3 Å². The van der Waals surface area contributed by atoms with E-state index in [1.165, 1.54) is 6.07 Å². The highest BCUT2D eigenvalue weighted by Crippen LogP contribution is 2.24. The fourth-order valence-corrected chi connectivity index (χ4v) is 3.92. The lowest BCUT2D eigenvalue weighted by atomic mass is 9.99. The van der Waals surface area contributed by atoms with Crippen molar-refractivity contribution in [1.29, 1.82) is 0 Å². The smallest absolute Gasteiger partial charge is 0.331 e. The number of benzene rings is 1. The van der Waals surface area contributed by atoms with Crippen molar-refractivity contribution in [3.05, 3.63) is 29.8 Å². The van der Waals surface area contributed by atoms with Gasteiger partial charge in [0.05, 0.1) is 4.90 Å². The van der Waals surface area contributed by atoms with E-state index in [0.717, 1.165) is 0 Å². The number of rotatable bonds is 6. The van der Waals surface area contributed by atoms with Crippen LogP contribution in [0.4, 0.5) is 0 Å². The number of nitrogens with zero attached hydrogens (tertiary/aromatic N) is 1. The Balaban J connectivity index is 2.22. The molecule has 8 nitrogen and oxygen atoms in total. The van der Waals surface area contributed by atoms with Crippen molar-refractivity contribution in [2.24, 2.45) is 10.9 Å². The van der Waals surface area contributed by atoms with Crippen LogP contribution in [0.1, 0.15) is 46.6 Å². The van der Waals surface area contributed by atoms with Gasteiger partial charge in [0.25, 0.3) is 15.9 Å². The van der Waals surface area contributed by atoms with Gasteiger partial charge >= 0.3 is 5.97 Å². The van der Waals surface area contributed by atoms with Gasteiger partial charge < -0.3 is 10.1 Å². The summed E-state index contributed by atoms with van der Waals surface area (Å²) in [5.74, 6) is -1.18. The van der Waals surface area contributed by atoms with Gasteiger partial charge in [-0.15, -0.1) is 0 Å². The summed E-state index contributed by atoms with van der Waals surface area (Å²) in [6.07, 6.45) is 0.624. The van der Waals surface area contributed by atoms with Crippen LogP contribution in [0, 0.1) is 5.92 Å². The summed E-state index contributed by atoms with van der Waals surface area (Å²) in [5, 5.41) is 2.71. The highest BCUT2D eigenvalue weighted by molar-refractivity contribution is 7.90. The minimum absolute atomic E-state index is 0.108. The number of hydrogen-bond acceptors (Lipinski definition) is 6. The molecule has 0 spiro atoms. The molecule has 1 aliphatic rings. The first-order valence-electron chi connectivity index (χ1n) is 9.12. The van der Waals surface area contributed by atoms with Crippen molar-refractivity contribution < 1.29 is 22.7 Å². The van der Waals surface area contributed by atoms with Crippen molar-refractivity contribution in [2.45, 2.75) is 57.5 Å². The Kier molecular flexibility index (Phi) is 6.48. The largest absolute Gasteiger partial charge is 0.454 e. The van der Waals surface area contributed by atoms with Gasteiger partial charge in [-0.05, 0) is 38.8 Å². The minimum atomic E-state index is -3.70. The zero-order valence-corrected chi connectivity index (χ0v) is 17.6. The molecule has 1 aliphatic heterocycles. The van der Waals surface area contributed by atoms with E-state index in [1.807, 2.05) is 34.6 Å². The van der Waals surface area contributed by atoms with Crippen molar-refractivity contribution in [2.75, 3.05) is 6.61 Å². The van der Waals surface area contributed by atoms with E-state index in [-0.39, 0.29) is 16.6 Å². The Labute approximate surface area is 165 Å². The maximum absolute atomic E-state index is 12.6. The molecule has 154 valence electrons. The van der Waals surface area contributed by atoms with Gasteiger partial charge in [-0.1, -0.05) is 32.4 Å². The van der Waals surface area contributed by atoms with Gasteiger partial charge in [0.15, 0.2) is 12.6 Å². The van der Waals surface area contributed by atoms with Crippen LogP contribution in [0.2, 0.25) is 0 Å². The average molecular weight is 410 g/mol. The minimum Gasteiger partial charge on any atom is -0.454 e. The summed E-state index contributed by atoms with van der Waals surface area (Å²) in [7, 11) is -3.70. The van der Waals surface area contributed by atoms with Gasteiger partial charge in [0, 0.05) is 11.1 Å². The number of aliphatic imine (C=N–C) groups is 1. The van der Waals surface area contributed by atoms with Crippen LogP contribution >= 0.6 is 0 Å². The average Bonchev–Trinajstić information content (AvgIpc) is 2.86. The second-order valence-corrected chi connectivity index (χ2v) is 9.47. The number of ether oxygens (including phenoxy) is 1. The highest BCUT2D eigenvalue weighted by Gasteiger charge is 2.33. The third-order valence-electron chi connectivity index (χ3n) is 4.22. The zero-order valence-electron chi connectivity index (χ0n) is 16.8. The molecule has 28 heavy (non-hydrogen) atoms. The van der Waals surface area contributed by atoms with Crippen LogP contribution in [0.15, 0.2) is 34.2 Å². The van der Waals surface area contributed by atoms with E-state index in [1.54, 1.807) is 18.2 Å². The lowest BCUT2D eigenvalue weighted by Crippen LogP contribution is -2.43. The Bertz CT molecular complexity index is 887. The van der Waals surface area contributed by atoms with E-state index >= 15 is 0 Å². The van der Waals surface area contributed by atoms with Crippen LogP contribution in [0.25, 0.3) is 0 Å². The van der Waals surface area contributed by atoms with Crippen LogP contribution in [0.5, 0.6) is 0 Å². The van der Waals surface area contributed by atoms with Gasteiger partial charge in [-0.3, -0.25) is 14.5 Å². The number of fused-ring (bicyclic) bond motifs is 1. The number of carbonyl (C=O) groups is 2. The van der Waals surface area contributed by atoms with Crippen LogP contribution in [0.3, 0.4) is 0 Å². The number of amidine groups is 1. The number of amides is 1. The molecule has 2 atom stereocenters. The second kappa shape index (κ2) is 8.30. The van der Waals surface area contributed by atoms with E-state index in [0.29, 0.717) is 12.0 Å². The summed E-state index contributed by atoms with van der Waals surface area (Å²) in [6.45, 7) is 8.76. The monoisotopic (exact) mass is 409 g/mol. The molecule has 0 radical (unpaired) electrons. The molecule has 0 saturated heterocycles. The molecule has 0 unspecified atom stereocenters. The Hall–Kier alpha value is -2.42. The van der Waals surface area contributed by atoms with Gasteiger partial charge in [-0.2, -0.15) is 0 Å². The SMILES string of the molecule is CC[C@H](C)[C@H](N=C1NS(=O)(=O)c2ccccc21)C(=O)OCC(=O)NC(C)(C)C. The molecule has 2 rings (SSSR count). The number of nitrogens with one attached hydrogen (secondary N) is 2. The van der Waals surface area contributed by atoms with Crippen molar-refractivity contribution >= 4 is 27.7 Å². The van der Waals surface area contributed by atoms with Crippen molar-refractivity contribution in [3.8, 4) is 0 Å². The molecule has 0 aliphatic carbocycles. The zero-order chi connectivity index (χ0) is 21.1. The normalized spacial score (nSPS) is 18.7. The first-order valence-corrected chi connectivity index (χ1v) is 10.6. The highest BCUT2D eigenvalue weighted by atomic mass is 32.2. The van der Waals surface area contributed by atoms with Crippen molar-refractivity contribution in [1.82, 2.24) is 10.0 Å². The van der Waals surface area contributed by atoms with Gasteiger partial charge in [0.1, 0.15) is 5.84 Å². The standard InChI is InChI=1S/C19H27N3O5S/c1-6-12(2)16(18(24)27-11-15(23)21-19(3,4)5)20-17-13-9-7-8-10-14(13)28(25,26)22-17/h7-10,12,16H,6,11H2,1-5H3,(H,20,22)(H,21,23)/t12-,16-/m0/s1. The molecule has 0 bridgehead atoms. The molecule has 0 saturated carbocycles. The van der Waals surface area contributed by atoms with E-state index in [9.17, 15) is 18.0 Å². The predicted octanol–water partition coefficient (Wildman–Crippen LogP) is 1.60. The van der Waals surface area contributed by atoms with Crippen LogP contribution in [-0.2, 0) is 24.3 Å². The molecule has 0 fully saturated rings. The molecular formula is C19H27N3O5S. The first kappa shape index (κ1) is 21.9. The summed E-state index contributed by atoms with van der Waals surface area (Å²) < 4.78 is 32.0. The first-order chi connectivity index (χ1) is 12.9.